The Balaban J connectivity index is 2.33. The van der Waals surface area contributed by atoms with Gasteiger partial charge in [0.25, 0.3) is 5.56 Å². The Morgan fingerprint density at radius 1 is 1.47 bits per heavy atom. The van der Waals surface area contributed by atoms with Crippen molar-refractivity contribution in [3.05, 3.63) is 22.1 Å². The second kappa shape index (κ2) is 5.29. The van der Waals surface area contributed by atoms with Crippen molar-refractivity contribution in [2.75, 3.05) is 38.2 Å². The zero-order chi connectivity index (χ0) is 12.3. The van der Waals surface area contributed by atoms with Crippen LogP contribution in [0.15, 0.2) is 10.9 Å². The summed E-state index contributed by atoms with van der Waals surface area (Å²) in [5, 5.41) is 3.28. The molecule has 1 aliphatic rings. The van der Waals surface area contributed by atoms with Crippen LogP contribution in [0.1, 0.15) is 5.69 Å². The third-order valence-corrected chi connectivity index (χ3v) is 2.86. The highest BCUT2D eigenvalue weighted by molar-refractivity contribution is 5.32. The molecule has 2 rings (SSSR count). The first-order valence-corrected chi connectivity index (χ1v) is 5.74. The molecule has 1 aromatic heterocycles. The Bertz CT molecular complexity index is 438. The molecule has 1 saturated heterocycles. The number of aromatic nitrogens is 2. The molecule has 2 heterocycles. The molecule has 0 amide bonds. The van der Waals surface area contributed by atoms with E-state index in [0.717, 1.165) is 32.1 Å². The van der Waals surface area contributed by atoms with Gasteiger partial charge in [0.1, 0.15) is 0 Å². The zero-order valence-corrected chi connectivity index (χ0v) is 10.3. The number of hydrogen-bond acceptors (Lipinski definition) is 5. The Kier molecular flexibility index (Phi) is 3.75. The normalized spacial score (nSPS) is 16.2. The average Bonchev–Trinajstić information content (AvgIpc) is 2.35. The molecule has 6 heteroatoms. The highest BCUT2D eigenvalue weighted by Gasteiger charge is 2.15. The van der Waals surface area contributed by atoms with Crippen molar-refractivity contribution in [2.45, 2.75) is 6.61 Å². The fraction of sp³-hybridized carbons (Fsp3) is 0.636. The number of ether oxygens (including phenoxy) is 1. The van der Waals surface area contributed by atoms with E-state index in [1.807, 2.05) is 0 Å². The maximum Gasteiger partial charge on any atom is 0.254 e. The number of nitrogens with zero attached hydrogens (tertiary/aromatic N) is 3. The summed E-state index contributed by atoms with van der Waals surface area (Å²) in [6.07, 6.45) is 0. The van der Waals surface area contributed by atoms with Crippen molar-refractivity contribution in [1.82, 2.24) is 14.9 Å². The van der Waals surface area contributed by atoms with Crippen LogP contribution in [0.25, 0.3) is 0 Å². The van der Waals surface area contributed by atoms with E-state index in [2.05, 4.69) is 15.2 Å². The van der Waals surface area contributed by atoms with Crippen LogP contribution in [-0.4, -0.2) is 42.8 Å². The van der Waals surface area contributed by atoms with E-state index in [1.165, 1.54) is 6.07 Å². The van der Waals surface area contributed by atoms with Crippen molar-refractivity contribution < 1.29 is 4.74 Å². The van der Waals surface area contributed by atoms with Crippen LogP contribution in [-0.2, 0) is 18.4 Å². The third kappa shape index (κ3) is 2.65. The second-order valence-electron chi connectivity index (χ2n) is 4.11. The van der Waals surface area contributed by atoms with Crippen molar-refractivity contribution in [2.24, 2.45) is 7.05 Å². The second-order valence-corrected chi connectivity index (χ2v) is 4.11. The van der Waals surface area contributed by atoms with E-state index in [9.17, 15) is 4.79 Å². The van der Waals surface area contributed by atoms with Gasteiger partial charge in [-0.05, 0) is 0 Å². The van der Waals surface area contributed by atoms with Gasteiger partial charge in [0, 0.05) is 46.4 Å². The van der Waals surface area contributed by atoms with Gasteiger partial charge in [-0.15, -0.1) is 0 Å². The summed E-state index contributed by atoms with van der Waals surface area (Å²) in [5.74, 6) is 0.728. The van der Waals surface area contributed by atoms with Gasteiger partial charge in [-0.1, -0.05) is 0 Å². The van der Waals surface area contributed by atoms with Crippen LogP contribution in [0.4, 0.5) is 5.95 Å². The lowest BCUT2D eigenvalue weighted by atomic mass is 10.3. The largest absolute Gasteiger partial charge is 0.378 e. The standard InChI is InChI=1S/C11H18N4O2/c1-14-10(16)7-9(8-17-2)13-11(14)15-5-3-12-4-6-15/h7,12H,3-6,8H2,1-2H3. The predicted octanol–water partition coefficient (Wildman–Crippen LogP) is -0.664. The maximum absolute atomic E-state index is 11.8. The Hall–Kier alpha value is -1.40. The lowest BCUT2D eigenvalue weighted by Crippen LogP contribution is -2.46. The molecule has 1 aromatic rings. The summed E-state index contributed by atoms with van der Waals surface area (Å²) in [5.41, 5.74) is 0.643. The SMILES string of the molecule is COCc1cc(=O)n(C)c(N2CCNCC2)n1. The molecular formula is C11H18N4O2. The van der Waals surface area contributed by atoms with E-state index < -0.39 is 0 Å². The Labute approximate surface area is 100 Å². The molecule has 17 heavy (non-hydrogen) atoms. The fourth-order valence-electron chi connectivity index (χ4n) is 1.94. The highest BCUT2D eigenvalue weighted by Crippen LogP contribution is 2.09. The molecule has 1 aliphatic heterocycles. The molecule has 0 unspecified atom stereocenters. The van der Waals surface area contributed by atoms with Crippen LogP contribution in [0.5, 0.6) is 0 Å². The van der Waals surface area contributed by atoms with Crippen molar-refractivity contribution in [1.29, 1.82) is 0 Å². The molecule has 6 nitrogen and oxygen atoms in total. The van der Waals surface area contributed by atoms with Gasteiger partial charge >= 0.3 is 0 Å². The minimum Gasteiger partial charge on any atom is -0.378 e. The van der Waals surface area contributed by atoms with E-state index in [1.54, 1.807) is 18.7 Å². The molecule has 0 aliphatic carbocycles. The number of methoxy groups -OCH3 is 1. The first-order chi connectivity index (χ1) is 8.22. The molecule has 0 saturated carbocycles. The predicted molar refractivity (Wildman–Crippen MR) is 65.3 cm³/mol. The van der Waals surface area contributed by atoms with Crippen LogP contribution < -0.4 is 15.8 Å². The highest BCUT2D eigenvalue weighted by atomic mass is 16.5. The van der Waals surface area contributed by atoms with E-state index >= 15 is 0 Å². The summed E-state index contributed by atoms with van der Waals surface area (Å²) < 4.78 is 6.61. The summed E-state index contributed by atoms with van der Waals surface area (Å²) in [4.78, 5) is 18.4. The molecule has 94 valence electrons. The van der Waals surface area contributed by atoms with Gasteiger partial charge in [-0.2, -0.15) is 0 Å². The Morgan fingerprint density at radius 2 is 2.18 bits per heavy atom. The molecular weight excluding hydrogens is 220 g/mol. The first kappa shape index (κ1) is 12.1. The van der Waals surface area contributed by atoms with Gasteiger partial charge in [0.15, 0.2) is 0 Å². The van der Waals surface area contributed by atoms with Crippen molar-refractivity contribution in [3.63, 3.8) is 0 Å². The number of piperazine rings is 1. The molecule has 1 fully saturated rings. The summed E-state index contributed by atoms with van der Waals surface area (Å²) >= 11 is 0. The number of nitrogens with one attached hydrogen (secondary N) is 1. The summed E-state index contributed by atoms with van der Waals surface area (Å²) in [6.45, 7) is 3.96. The van der Waals surface area contributed by atoms with Gasteiger partial charge < -0.3 is 15.0 Å². The van der Waals surface area contributed by atoms with Gasteiger partial charge in [-0.25, -0.2) is 4.98 Å². The van der Waals surface area contributed by atoms with E-state index in [4.69, 9.17) is 4.74 Å². The van der Waals surface area contributed by atoms with Crippen molar-refractivity contribution in [3.8, 4) is 0 Å². The topological polar surface area (TPSA) is 59.4 Å². The minimum atomic E-state index is -0.0411. The third-order valence-electron chi connectivity index (χ3n) is 2.86. The molecule has 0 radical (unpaired) electrons. The average molecular weight is 238 g/mol. The molecule has 0 spiro atoms. The Morgan fingerprint density at radius 3 is 2.82 bits per heavy atom. The van der Waals surface area contributed by atoms with E-state index in [0.29, 0.717) is 12.3 Å². The number of anilines is 1. The first-order valence-electron chi connectivity index (χ1n) is 5.74. The molecule has 1 N–H and O–H groups in total. The monoisotopic (exact) mass is 238 g/mol. The summed E-state index contributed by atoms with van der Waals surface area (Å²) in [6, 6.07) is 1.52. The van der Waals surface area contributed by atoms with Crippen LogP contribution in [0.3, 0.4) is 0 Å². The van der Waals surface area contributed by atoms with Crippen LogP contribution in [0.2, 0.25) is 0 Å². The number of hydrogen-bond donors (Lipinski definition) is 1. The summed E-state index contributed by atoms with van der Waals surface area (Å²) in [7, 11) is 3.35. The lowest BCUT2D eigenvalue weighted by molar-refractivity contribution is 0.181. The van der Waals surface area contributed by atoms with Gasteiger partial charge in [-0.3, -0.25) is 9.36 Å². The van der Waals surface area contributed by atoms with E-state index in [-0.39, 0.29) is 5.56 Å². The molecule has 0 atom stereocenters. The van der Waals surface area contributed by atoms with Crippen molar-refractivity contribution >= 4 is 5.95 Å². The van der Waals surface area contributed by atoms with Crippen LogP contribution >= 0.6 is 0 Å². The molecule has 0 bridgehead atoms. The van der Waals surface area contributed by atoms with Gasteiger partial charge in [0.05, 0.1) is 12.3 Å². The van der Waals surface area contributed by atoms with Crippen LogP contribution in [0, 0.1) is 0 Å². The minimum absolute atomic E-state index is 0.0411. The smallest absolute Gasteiger partial charge is 0.254 e. The quantitative estimate of drug-likeness (QED) is 0.757. The fourth-order valence-corrected chi connectivity index (χ4v) is 1.94. The number of rotatable bonds is 3. The zero-order valence-electron chi connectivity index (χ0n) is 10.3. The lowest BCUT2D eigenvalue weighted by Gasteiger charge is -2.29. The molecule has 0 aromatic carbocycles. The van der Waals surface area contributed by atoms with Gasteiger partial charge in [0.2, 0.25) is 5.95 Å². The maximum atomic E-state index is 11.8.